The van der Waals surface area contributed by atoms with Crippen LogP contribution in [0.5, 0.6) is 0 Å². The maximum absolute atomic E-state index is 12.6. The Morgan fingerprint density at radius 3 is 2.85 bits per heavy atom. The van der Waals surface area contributed by atoms with Crippen molar-refractivity contribution in [2.24, 2.45) is 0 Å². The first kappa shape index (κ1) is 22.1. The maximum atomic E-state index is 12.6. The highest BCUT2D eigenvalue weighted by Crippen LogP contribution is 2.31. The van der Waals surface area contributed by atoms with Crippen LogP contribution in [0.3, 0.4) is 0 Å². The molecule has 1 fully saturated rings. The van der Waals surface area contributed by atoms with Gasteiger partial charge in [0.2, 0.25) is 0 Å². The number of rotatable bonds is 6. The van der Waals surface area contributed by atoms with Gasteiger partial charge in [-0.15, -0.1) is 0 Å². The number of aromatic amines is 1. The number of ether oxygens (including phenoxy) is 1. The van der Waals surface area contributed by atoms with Gasteiger partial charge in [-0.3, -0.25) is 14.5 Å². The molecule has 2 aromatic heterocycles. The topological polar surface area (TPSA) is 84.8 Å². The van der Waals surface area contributed by atoms with Crippen LogP contribution in [-0.2, 0) is 11.2 Å². The minimum Gasteiger partial charge on any atom is -0.378 e. The smallest absolute Gasteiger partial charge is 0.378 e. The lowest BCUT2D eigenvalue weighted by Gasteiger charge is -2.13. The summed E-state index contributed by atoms with van der Waals surface area (Å²) in [6.07, 6.45) is 0.0238. The Labute approximate surface area is 192 Å². The molecule has 1 amide bonds. The van der Waals surface area contributed by atoms with Gasteiger partial charge in [0.15, 0.2) is 0 Å². The van der Waals surface area contributed by atoms with Crippen molar-refractivity contribution in [1.29, 1.82) is 0 Å². The SMILES string of the molecule is O=C(NCC(F)(F)F)c1cccc(-n2c(-c3c[nH]nc3CC3CCCO3)nc3ccccc32)c1. The number of halogens is 3. The molecule has 4 aromatic rings. The molecule has 1 aliphatic rings. The molecule has 5 rings (SSSR count). The van der Waals surface area contributed by atoms with E-state index in [4.69, 9.17) is 9.72 Å². The lowest BCUT2D eigenvalue weighted by molar-refractivity contribution is -0.123. The van der Waals surface area contributed by atoms with Crippen molar-refractivity contribution in [2.75, 3.05) is 13.2 Å². The minimum absolute atomic E-state index is 0.0977. The second-order valence-corrected chi connectivity index (χ2v) is 8.19. The van der Waals surface area contributed by atoms with E-state index in [0.717, 1.165) is 41.7 Å². The molecule has 1 aliphatic heterocycles. The summed E-state index contributed by atoms with van der Waals surface area (Å²) in [5.41, 5.74) is 3.90. The molecule has 3 heterocycles. The van der Waals surface area contributed by atoms with Gasteiger partial charge < -0.3 is 10.1 Å². The van der Waals surface area contributed by atoms with Gasteiger partial charge in [-0.2, -0.15) is 18.3 Å². The largest absolute Gasteiger partial charge is 0.405 e. The number of aromatic nitrogens is 4. The average Bonchev–Trinajstić information content (AvgIpc) is 3.57. The van der Waals surface area contributed by atoms with Gasteiger partial charge in [0, 0.05) is 30.5 Å². The third-order valence-corrected chi connectivity index (χ3v) is 5.78. The first-order valence-electron chi connectivity index (χ1n) is 11.0. The van der Waals surface area contributed by atoms with Crippen LogP contribution in [0.1, 0.15) is 28.9 Å². The molecular formula is C24H22F3N5O2. The Kier molecular flexibility index (Phi) is 5.82. The molecule has 176 valence electrons. The first-order valence-corrected chi connectivity index (χ1v) is 11.0. The lowest BCUT2D eigenvalue weighted by Crippen LogP contribution is -2.33. The van der Waals surface area contributed by atoms with E-state index in [2.05, 4.69) is 10.2 Å². The first-order chi connectivity index (χ1) is 16.4. The van der Waals surface area contributed by atoms with Gasteiger partial charge in [-0.25, -0.2) is 4.98 Å². The van der Waals surface area contributed by atoms with Gasteiger partial charge in [-0.1, -0.05) is 18.2 Å². The number of nitrogens with one attached hydrogen (secondary N) is 2. The van der Waals surface area contributed by atoms with E-state index in [-0.39, 0.29) is 11.7 Å². The van der Waals surface area contributed by atoms with Gasteiger partial charge in [0.25, 0.3) is 5.91 Å². The van der Waals surface area contributed by atoms with Crippen molar-refractivity contribution < 1.29 is 22.7 Å². The number of hydrogen-bond donors (Lipinski definition) is 2. The number of alkyl halides is 3. The van der Waals surface area contributed by atoms with Crippen LogP contribution in [-0.4, -0.2) is 51.1 Å². The van der Waals surface area contributed by atoms with Crippen molar-refractivity contribution in [3.63, 3.8) is 0 Å². The van der Waals surface area contributed by atoms with Gasteiger partial charge >= 0.3 is 6.18 Å². The molecule has 10 heteroatoms. The number of para-hydroxylation sites is 2. The van der Waals surface area contributed by atoms with Gasteiger partial charge in [-0.05, 0) is 43.2 Å². The standard InChI is InChI=1S/C24H22F3N5O2/c25-24(26,27)14-28-23(33)15-5-3-6-16(11-15)32-21-9-2-1-8-19(21)30-22(32)18-13-29-31-20(18)12-17-7-4-10-34-17/h1-3,5-6,8-9,11,13,17H,4,7,10,12,14H2,(H,28,33)(H,29,31). The summed E-state index contributed by atoms with van der Waals surface area (Å²) < 4.78 is 45.3. The van der Waals surface area contributed by atoms with Crippen LogP contribution in [0.15, 0.2) is 54.7 Å². The summed E-state index contributed by atoms with van der Waals surface area (Å²) in [5, 5.41) is 9.27. The minimum atomic E-state index is -4.48. The molecule has 1 atom stereocenters. The summed E-state index contributed by atoms with van der Waals surface area (Å²) in [5.74, 6) is -0.177. The van der Waals surface area contributed by atoms with E-state index in [0.29, 0.717) is 17.9 Å². The van der Waals surface area contributed by atoms with E-state index < -0.39 is 18.6 Å². The number of nitrogens with zero attached hydrogens (tertiary/aromatic N) is 3. The summed E-state index contributed by atoms with van der Waals surface area (Å²) >= 11 is 0. The molecule has 0 aliphatic carbocycles. The zero-order chi connectivity index (χ0) is 23.7. The van der Waals surface area contributed by atoms with Crippen LogP contribution >= 0.6 is 0 Å². The summed E-state index contributed by atoms with van der Waals surface area (Å²) in [7, 11) is 0. The van der Waals surface area contributed by atoms with Crippen LogP contribution in [0, 0.1) is 0 Å². The predicted octanol–water partition coefficient (Wildman–Crippen LogP) is 4.43. The molecule has 34 heavy (non-hydrogen) atoms. The van der Waals surface area contributed by atoms with Gasteiger partial charge in [0.05, 0.1) is 28.4 Å². The van der Waals surface area contributed by atoms with E-state index in [1.54, 1.807) is 24.4 Å². The second-order valence-electron chi connectivity index (χ2n) is 8.19. The number of carbonyl (C=O) groups excluding carboxylic acids is 1. The third-order valence-electron chi connectivity index (χ3n) is 5.78. The van der Waals surface area contributed by atoms with E-state index >= 15 is 0 Å². The number of fused-ring (bicyclic) bond motifs is 1. The molecule has 0 saturated carbocycles. The number of carbonyl (C=O) groups is 1. The van der Waals surface area contributed by atoms with Gasteiger partial charge in [0.1, 0.15) is 12.4 Å². The number of benzene rings is 2. The Hall–Kier alpha value is -3.66. The lowest BCUT2D eigenvalue weighted by atomic mass is 10.1. The van der Waals surface area contributed by atoms with E-state index in [1.807, 2.05) is 34.1 Å². The second kappa shape index (κ2) is 8.94. The Morgan fingerprint density at radius 1 is 1.21 bits per heavy atom. The third kappa shape index (κ3) is 4.54. The molecule has 0 radical (unpaired) electrons. The van der Waals surface area contributed by atoms with Crippen LogP contribution in [0.2, 0.25) is 0 Å². The molecule has 0 bridgehead atoms. The molecule has 1 unspecified atom stereocenters. The van der Waals surface area contributed by atoms with Crippen molar-refractivity contribution in [3.8, 4) is 17.1 Å². The van der Waals surface area contributed by atoms with Crippen LogP contribution in [0.4, 0.5) is 13.2 Å². The highest BCUT2D eigenvalue weighted by molar-refractivity contribution is 5.95. The highest BCUT2D eigenvalue weighted by atomic mass is 19.4. The quantitative estimate of drug-likeness (QED) is 0.438. The number of amides is 1. The van der Waals surface area contributed by atoms with E-state index in [9.17, 15) is 18.0 Å². The fraction of sp³-hybridized carbons (Fsp3) is 0.292. The predicted molar refractivity (Wildman–Crippen MR) is 120 cm³/mol. The zero-order valence-corrected chi connectivity index (χ0v) is 18.1. The molecule has 7 nitrogen and oxygen atoms in total. The Bertz CT molecular complexity index is 1320. The molecular weight excluding hydrogens is 447 g/mol. The summed E-state index contributed by atoms with van der Waals surface area (Å²) in [6.45, 7) is -0.650. The van der Waals surface area contributed by atoms with Crippen molar-refractivity contribution in [3.05, 3.63) is 66.0 Å². The van der Waals surface area contributed by atoms with E-state index in [1.165, 1.54) is 6.07 Å². The monoisotopic (exact) mass is 469 g/mol. The van der Waals surface area contributed by atoms with Crippen molar-refractivity contribution in [1.82, 2.24) is 25.1 Å². The molecule has 2 N–H and O–H groups in total. The average molecular weight is 469 g/mol. The maximum Gasteiger partial charge on any atom is 0.405 e. The van der Waals surface area contributed by atoms with Crippen molar-refractivity contribution >= 4 is 16.9 Å². The Morgan fingerprint density at radius 2 is 2.06 bits per heavy atom. The zero-order valence-electron chi connectivity index (χ0n) is 18.1. The fourth-order valence-corrected chi connectivity index (χ4v) is 4.23. The fourth-order valence-electron chi connectivity index (χ4n) is 4.23. The molecule has 2 aromatic carbocycles. The number of imidazole rings is 1. The summed E-state index contributed by atoms with van der Waals surface area (Å²) in [4.78, 5) is 17.2. The van der Waals surface area contributed by atoms with Crippen LogP contribution in [0.25, 0.3) is 28.1 Å². The highest BCUT2D eigenvalue weighted by Gasteiger charge is 2.28. The molecule has 1 saturated heterocycles. The number of hydrogen-bond acceptors (Lipinski definition) is 4. The number of H-pyrrole nitrogens is 1. The van der Waals surface area contributed by atoms with Crippen molar-refractivity contribution in [2.45, 2.75) is 31.5 Å². The molecule has 0 spiro atoms. The Balaban J connectivity index is 1.56. The summed E-state index contributed by atoms with van der Waals surface area (Å²) in [6, 6.07) is 14.0. The van der Waals surface area contributed by atoms with Crippen LogP contribution < -0.4 is 5.32 Å². The normalized spacial score (nSPS) is 16.3.